The summed E-state index contributed by atoms with van der Waals surface area (Å²) in [5.74, 6) is 0. The van der Waals surface area contributed by atoms with E-state index >= 15 is 0 Å². The molecule has 0 aliphatic heterocycles. The topological polar surface area (TPSA) is 32.3 Å². The lowest BCUT2D eigenvalue weighted by atomic mass is 9.94. The number of halogens is 3. The van der Waals surface area contributed by atoms with Crippen LogP contribution in [0, 0.1) is 0 Å². The molecule has 1 aliphatic rings. The molecule has 5 heteroatoms. The largest absolute Gasteiger partial charge is 0.421 e. The van der Waals surface area contributed by atoms with Crippen molar-refractivity contribution in [1.29, 1.82) is 0 Å². The molecule has 0 spiro atoms. The number of benzene rings is 1. The van der Waals surface area contributed by atoms with Crippen LogP contribution in [0.25, 0.3) is 0 Å². The summed E-state index contributed by atoms with van der Waals surface area (Å²) in [6.45, 7) is 1.42. The van der Waals surface area contributed by atoms with Crippen LogP contribution < -0.4 is 5.32 Å². The van der Waals surface area contributed by atoms with Crippen LogP contribution in [0.4, 0.5) is 13.2 Å². The van der Waals surface area contributed by atoms with Crippen LogP contribution >= 0.6 is 0 Å². The van der Waals surface area contributed by atoms with Gasteiger partial charge < -0.3 is 10.4 Å². The quantitative estimate of drug-likeness (QED) is 0.871. The Labute approximate surface area is 104 Å². The predicted octanol–water partition coefficient (Wildman–Crippen LogP) is 2.71. The molecule has 2 N–H and O–H groups in total. The second kappa shape index (κ2) is 4.55. The summed E-state index contributed by atoms with van der Waals surface area (Å²) in [7, 11) is 0. The van der Waals surface area contributed by atoms with Crippen molar-refractivity contribution in [2.24, 2.45) is 0 Å². The summed E-state index contributed by atoms with van der Waals surface area (Å²) in [6, 6.07) is 6.45. The van der Waals surface area contributed by atoms with Gasteiger partial charge in [-0.3, -0.25) is 0 Å². The van der Waals surface area contributed by atoms with E-state index in [0.717, 1.165) is 12.5 Å². The van der Waals surface area contributed by atoms with Gasteiger partial charge in [0.15, 0.2) is 5.60 Å². The number of nitrogens with one attached hydrogen (secondary N) is 1. The normalized spacial score (nSPS) is 19.6. The van der Waals surface area contributed by atoms with E-state index in [1.165, 1.54) is 25.0 Å². The highest BCUT2D eigenvalue weighted by Crippen LogP contribution is 2.38. The summed E-state index contributed by atoms with van der Waals surface area (Å²) >= 11 is 0. The highest BCUT2D eigenvalue weighted by atomic mass is 19.4. The van der Waals surface area contributed by atoms with Crippen molar-refractivity contribution >= 4 is 0 Å². The Balaban J connectivity index is 2.06. The Hall–Kier alpha value is -1.07. The highest BCUT2D eigenvalue weighted by Gasteiger charge is 2.51. The maximum atomic E-state index is 12.6. The van der Waals surface area contributed by atoms with E-state index in [-0.39, 0.29) is 5.56 Å². The first-order valence-electron chi connectivity index (χ1n) is 5.92. The van der Waals surface area contributed by atoms with Crippen LogP contribution in [0.15, 0.2) is 24.3 Å². The fraction of sp³-hybridized carbons (Fsp3) is 0.538. The molecule has 18 heavy (non-hydrogen) atoms. The summed E-state index contributed by atoms with van der Waals surface area (Å²) in [5, 5.41) is 12.8. The lowest BCUT2D eigenvalue weighted by molar-refractivity contribution is -0.258. The van der Waals surface area contributed by atoms with Crippen LogP contribution in [0.1, 0.15) is 30.9 Å². The molecule has 1 aliphatic carbocycles. The minimum absolute atomic E-state index is 0.134. The molecule has 0 bridgehead atoms. The molecule has 1 unspecified atom stereocenters. The average molecular weight is 259 g/mol. The maximum Gasteiger partial charge on any atom is 0.421 e. The van der Waals surface area contributed by atoms with Crippen LogP contribution in [0.2, 0.25) is 0 Å². The molecule has 0 aromatic heterocycles. The number of aliphatic hydroxyl groups is 1. The van der Waals surface area contributed by atoms with Gasteiger partial charge in [-0.15, -0.1) is 0 Å². The molecule has 100 valence electrons. The van der Waals surface area contributed by atoms with E-state index in [1.54, 1.807) is 12.1 Å². The second-order valence-electron chi connectivity index (χ2n) is 4.92. The summed E-state index contributed by atoms with van der Waals surface area (Å²) in [4.78, 5) is 0. The molecule has 1 saturated carbocycles. The van der Waals surface area contributed by atoms with Gasteiger partial charge in [0.05, 0.1) is 0 Å². The number of hydrogen-bond acceptors (Lipinski definition) is 2. The number of hydrogen-bond donors (Lipinski definition) is 2. The second-order valence-corrected chi connectivity index (χ2v) is 4.92. The Morgan fingerprint density at radius 2 is 1.78 bits per heavy atom. The zero-order valence-corrected chi connectivity index (χ0v) is 10.1. The van der Waals surface area contributed by atoms with Crippen molar-refractivity contribution in [2.75, 3.05) is 0 Å². The molecule has 2 rings (SSSR count). The van der Waals surface area contributed by atoms with Crippen molar-refractivity contribution in [3.05, 3.63) is 35.4 Å². The molecule has 0 heterocycles. The lowest BCUT2D eigenvalue weighted by Crippen LogP contribution is -2.39. The Morgan fingerprint density at radius 1 is 1.22 bits per heavy atom. The van der Waals surface area contributed by atoms with Crippen molar-refractivity contribution in [1.82, 2.24) is 5.32 Å². The molecule has 2 nitrogen and oxygen atoms in total. The molecular weight excluding hydrogens is 243 g/mol. The third kappa shape index (κ3) is 2.84. The summed E-state index contributed by atoms with van der Waals surface area (Å²) < 4.78 is 37.9. The maximum absolute atomic E-state index is 12.6. The third-order valence-corrected chi connectivity index (χ3v) is 3.24. The molecule has 1 aromatic rings. The Kier molecular flexibility index (Phi) is 3.38. The zero-order chi connectivity index (χ0) is 13.4. The monoisotopic (exact) mass is 259 g/mol. The molecule has 1 aromatic carbocycles. The smallest absolute Gasteiger partial charge is 0.376 e. The molecular formula is C13H16F3NO. The van der Waals surface area contributed by atoms with E-state index in [9.17, 15) is 18.3 Å². The van der Waals surface area contributed by atoms with Crippen molar-refractivity contribution < 1.29 is 18.3 Å². The van der Waals surface area contributed by atoms with Gasteiger partial charge in [0.25, 0.3) is 0 Å². The summed E-state index contributed by atoms with van der Waals surface area (Å²) in [6.07, 6.45) is -2.33. The standard InChI is InChI=1S/C13H16F3NO/c1-12(18,13(14,15)16)10-4-2-9(3-5-10)8-17-11-6-7-11/h2-5,11,17-18H,6-8H2,1H3. The third-order valence-electron chi connectivity index (χ3n) is 3.24. The minimum atomic E-state index is -4.67. The first kappa shape index (κ1) is 13.4. The zero-order valence-electron chi connectivity index (χ0n) is 10.1. The van der Waals surface area contributed by atoms with Crippen LogP contribution in [-0.2, 0) is 12.1 Å². The minimum Gasteiger partial charge on any atom is -0.376 e. The highest BCUT2D eigenvalue weighted by molar-refractivity contribution is 5.28. The molecule has 1 atom stereocenters. The molecule has 0 saturated heterocycles. The summed E-state index contributed by atoms with van der Waals surface area (Å²) in [5.41, 5.74) is -2.01. The van der Waals surface area contributed by atoms with Gasteiger partial charge >= 0.3 is 6.18 Å². The van der Waals surface area contributed by atoms with Gasteiger partial charge in [-0.05, 0) is 30.9 Å². The Bertz CT molecular complexity index is 407. The van der Waals surface area contributed by atoms with Crippen LogP contribution in [0.3, 0.4) is 0 Å². The first-order valence-corrected chi connectivity index (χ1v) is 5.92. The van der Waals surface area contributed by atoms with Crippen LogP contribution in [-0.4, -0.2) is 17.3 Å². The van der Waals surface area contributed by atoms with Gasteiger partial charge in [0.1, 0.15) is 0 Å². The van der Waals surface area contributed by atoms with E-state index < -0.39 is 11.8 Å². The van der Waals surface area contributed by atoms with Gasteiger partial charge in [-0.2, -0.15) is 13.2 Å². The van der Waals surface area contributed by atoms with Gasteiger partial charge in [0.2, 0.25) is 0 Å². The first-order chi connectivity index (χ1) is 8.30. The van der Waals surface area contributed by atoms with Crippen LogP contribution in [0.5, 0.6) is 0 Å². The fourth-order valence-electron chi connectivity index (χ4n) is 1.66. The molecule has 0 radical (unpaired) electrons. The van der Waals surface area contributed by atoms with E-state index in [1.807, 2.05) is 0 Å². The average Bonchev–Trinajstić information content (AvgIpc) is 3.09. The Morgan fingerprint density at radius 3 is 2.22 bits per heavy atom. The fourth-order valence-corrected chi connectivity index (χ4v) is 1.66. The van der Waals surface area contributed by atoms with E-state index in [0.29, 0.717) is 12.6 Å². The molecule has 0 amide bonds. The number of alkyl halides is 3. The van der Waals surface area contributed by atoms with E-state index in [2.05, 4.69) is 5.32 Å². The predicted molar refractivity (Wildman–Crippen MR) is 61.9 cm³/mol. The van der Waals surface area contributed by atoms with Crippen molar-refractivity contribution in [3.63, 3.8) is 0 Å². The van der Waals surface area contributed by atoms with Crippen molar-refractivity contribution in [3.8, 4) is 0 Å². The molecule has 1 fully saturated rings. The lowest BCUT2D eigenvalue weighted by Gasteiger charge is -2.26. The van der Waals surface area contributed by atoms with Gasteiger partial charge in [-0.25, -0.2) is 0 Å². The SMILES string of the molecule is CC(O)(c1ccc(CNC2CC2)cc1)C(F)(F)F. The van der Waals surface area contributed by atoms with E-state index in [4.69, 9.17) is 0 Å². The van der Waals surface area contributed by atoms with Gasteiger partial charge in [-0.1, -0.05) is 24.3 Å². The number of rotatable bonds is 4. The van der Waals surface area contributed by atoms with Gasteiger partial charge in [0, 0.05) is 12.6 Å². The van der Waals surface area contributed by atoms with Crippen molar-refractivity contribution in [2.45, 2.75) is 44.1 Å².